The zero-order chi connectivity index (χ0) is 18.5. The van der Waals surface area contributed by atoms with Crippen molar-refractivity contribution >= 4 is 11.7 Å². The number of urea groups is 1. The number of nitrogens with zero attached hydrogens (tertiary/aromatic N) is 1. The molecule has 3 aromatic rings. The molecule has 1 aromatic carbocycles. The summed E-state index contributed by atoms with van der Waals surface area (Å²) in [6.07, 6.45) is 1.55. The smallest absolute Gasteiger partial charge is 0.319 e. The van der Waals surface area contributed by atoms with Gasteiger partial charge in [-0.25, -0.2) is 9.78 Å². The van der Waals surface area contributed by atoms with Gasteiger partial charge in [0, 0.05) is 6.07 Å². The summed E-state index contributed by atoms with van der Waals surface area (Å²) >= 11 is 0. The minimum Gasteiger partial charge on any atom is -0.464 e. The normalized spacial score (nSPS) is 11.7. The first kappa shape index (κ1) is 17.5. The zero-order valence-electron chi connectivity index (χ0n) is 14.9. The number of carbonyl (C=O) groups is 1. The maximum absolute atomic E-state index is 12.1. The Balaban J connectivity index is 1.55. The molecule has 2 heterocycles. The number of aryl methyl sites for hydroxylation is 2. The largest absolute Gasteiger partial charge is 0.464 e. The lowest BCUT2D eigenvalue weighted by Crippen LogP contribution is -2.31. The summed E-state index contributed by atoms with van der Waals surface area (Å²) in [5.41, 5.74) is 1.73. The Hall–Kier alpha value is -3.28. The van der Waals surface area contributed by atoms with Crippen LogP contribution in [0.1, 0.15) is 30.0 Å². The van der Waals surface area contributed by atoms with Crippen molar-refractivity contribution in [2.45, 2.75) is 26.8 Å². The highest BCUT2D eigenvalue weighted by molar-refractivity contribution is 5.89. The van der Waals surface area contributed by atoms with E-state index in [1.54, 1.807) is 18.3 Å². The average Bonchev–Trinajstić information content (AvgIpc) is 3.05. The van der Waals surface area contributed by atoms with Gasteiger partial charge in [0.2, 0.25) is 5.88 Å². The van der Waals surface area contributed by atoms with E-state index < -0.39 is 0 Å². The highest BCUT2D eigenvalue weighted by atomic mass is 16.5. The zero-order valence-corrected chi connectivity index (χ0v) is 14.9. The summed E-state index contributed by atoms with van der Waals surface area (Å²) in [7, 11) is 0. The van der Waals surface area contributed by atoms with Crippen LogP contribution in [0.3, 0.4) is 0 Å². The standard InChI is InChI=1S/C20H21N3O3/c1-13-4-8-17(9-5-13)26-19-11-7-16(12-21-19)23-20(24)22-15(3)18-10-6-14(2)25-18/h4-12,15H,1-3H3,(H2,22,23,24). The van der Waals surface area contributed by atoms with Gasteiger partial charge >= 0.3 is 6.03 Å². The van der Waals surface area contributed by atoms with Gasteiger partial charge in [-0.15, -0.1) is 0 Å². The number of furan rings is 1. The summed E-state index contributed by atoms with van der Waals surface area (Å²) in [4.78, 5) is 16.3. The van der Waals surface area contributed by atoms with Crippen molar-refractivity contribution in [3.05, 3.63) is 71.8 Å². The lowest BCUT2D eigenvalue weighted by Gasteiger charge is -2.12. The third-order valence-corrected chi connectivity index (χ3v) is 3.77. The highest BCUT2D eigenvalue weighted by Crippen LogP contribution is 2.21. The molecule has 0 aliphatic carbocycles. The lowest BCUT2D eigenvalue weighted by molar-refractivity contribution is 0.247. The number of benzene rings is 1. The first-order valence-electron chi connectivity index (χ1n) is 8.34. The Bertz CT molecular complexity index is 870. The molecule has 0 fully saturated rings. The number of anilines is 1. The fourth-order valence-electron chi connectivity index (χ4n) is 2.36. The first-order valence-corrected chi connectivity index (χ1v) is 8.34. The first-order chi connectivity index (χ1) is 12.5. The maximum Gasteiger partial charge on any atom is 0.319 e. The number of rotatable bonds is 5. The van der Waals surface area contributed by atoms with Gasteiger partial charge in [-0.2, -0.15) is 0 Å². The van der Waals surface area contributed by atoms with Crippen LogP contribution in [-0.4, -0.2) is 11.0 Å². The number of nitrogens with one attached hydrogen (secondary N) is 2. The third-order valence-electron chi connectivity index (χ3n) is 3.77. The predicted octanol–water partition coefficient (Wildman–Crippen LogP) is 4.97. The Morgan fingerprint density at radius 1 is 1.08 bits per heavy atom. The molecule has 26 heavy (non-hydrogen) atoms. The fourth-order valence-corrected chi connectivity index (χ4v) is 2.36. The van der Waals surface area contributed by atoms with Gasteiger partial charge in [0.1, 0.15) is 17.3 Å². The molecular formula is C20H21N3O3. The molecule has 0 saturated heterocycles. The average molecular weight is 351 g/mol. The van der Waals surface area contributed by atoms with E-state index in [9.17, 15) is 4.79 Å². The Kier molecular flexibility index (Phi) is 5.22. The van der Waals surface area contributed by atoms with Crippen molar-refractivity contribution in [1.29, 1.82) is 0 Å². The minimum atomic E-state index is -0.333. The second-order valence-electron chi connectivity index (χ2n) is 6.07. The summed E-state index contributed by atoms with van der Waals surface area (Å²) in [5, 5.41) is 5.55. The van der Waals surface area contributed by atoms with E-state index in [1.165, 1.54) is 0 Å². The molecule has 0 aliphatic rings. The van der Waals surface area contributed by atoms with Crippen LogP contribution in [0.4, 0.5) is 10.5 Å². The van der Waals surface area contributed by atoms with E-state index in [2.05, 4.69) is 15.6 Å². The lowest BCUT2D eigenvalue weighted by atomic mass is 10.2. The molecule has 2 N–H and O–H groups in total. The number of amides is 2. The van der Waals surface area contributed by atoms with Crippen LogP contribution < -0.4 is 15.4 Å². The van der Waals surface area contributed by atoms with Crippen molar-refractivity contribution in [1.82, 2.24) is 10.3 Å². The third kappa shape index (κ3) is 4.63. The molecule has 3 rings (SSSR count). The van der Waals surface area contributed by atoms with E-state index in [4.69, 9.17) is 9.15 Å². The summed E-state index contributed by atoms with van der Waals surface area (Å²) in [6.45, 7) is 5.73. The second-order valence-corrected chi connectivity index (χ2v) is 6.07. The van der Waals surface area contributed by atoms with Crippen LogP contribution in [0.15, 0.2) is 59.1 Å². The molecule has 0 bridgehead atoms. The van der Waals surface area contributed by atoms with Gasteiger partial charge in [-0.05, 0) is 51.1 Å². The minimum absolute atomic E-state index is 0.235. The SMILES string of the molecule is Cc1ccc(Oc2ccc(NC(=O)NC(C)c3ccc(C)o3)cn2)cc1. The Morgan fingerprint density at radius 2 is 1.85 bits per heavy atom. The topological polar surface area (TPSA) is 76.4 Å². The molecule has 0 spiro atoms. The number of carbonyl (C=O) groups excluding carboxylic acids is 1. The monoisotopic (exact) mass is 351 g/mol. The molecule has 1 unspecified atom stereocenters. The Labute approximate surface area is 152 Å². The van der Waals surface area contributed by atoms with E-state index in [0.29, 0.717) is 23.1 Å². The van der Waals surface area contributed by atoms with Crippen molar-refractivity contribution in [3.8, 4) is 11.6 Å². The van der Waals surface area contributed by atoms with Crippen molar-refractivity contribution in [2.75, 3.05) is 5.32 Å². The molecule has 6 nitrogen and oxygen atoms in total. The van der Waals surface area contributed by atoms with Crippen LogP contribution in [0.25, 0.3) is 0 Å². The molecule has 2 aromatic heterocycles. The van der Waals surface area contributed by atoms with E-state index in [0.717, 1.165) is 11.3 Å². The van der Waals surface area contributed by atoms with Crippen LogP contribution in [-0.2, 0) is 0 Å². The molecule has 6 heteroatoms. The van der Waals surface area contributed by atoms with Gasteiger partial charge in [-0.3, -0.25) is 0 Å². The fraction of sp³-hybridized carbons (Fsp3) is 0.200. The number of aromatic nitrogens is 1. The second kappa shape index (κ2) is 7.74. The molecular weight excluding hydrogens is 330 g/mol. The molecule has 0 saturated carbocycles. The summed E-state index contributed by atoms with van der Waals surface area (Å²) < 4.78 is 11.2. The van der Waals surface area contributed by atoms with Crippen LogP contribution in [0.5, 0.6) is 11.6 Å². The summed E-state index contributed by atoms with van der Waals surface area (Å²) in [6, 6.07) is 14.3. The summed E-state index contributed by atoms with van der Waals surface area (Å²) in [5.74, 6) is 2.68. The van der Waals surface area contributed by atoms with Crippen molar-refractivity contribution in [2.24, 2.45) is 0 Å². The number of pyridine rings is 1. The van der Waals surface area contributed by atoms with Crippen LogP contribution in [0, 0.1) is 13.8 Å². The molecule has 2 amide bonds. The van der Waals surface area contributed by atoms with E-state index >= 15 is 0 Å². The van der Waals surface area contributed by atoms with Gasteiger partial charge in [0.15, 0.2) is 0 Å². The van der Waals surface area contributed by atoms with Gasteiger partial charge < -0.3 is 19.8 Å². The number of hydrogen-bond acceptors (Lipinski definition) is 4. The van der Waals surface area contributed by atoms with Gasteiger partial charge in [-0.1, -0.05) is 17.7 Å². The molecule has 1 atom stereocenters. The van der Waals surface area contributed by atoms with E-state index in [1.807, 2.05) is 57.2 Å². The quantitative estimate of drug-likeness (QED) is 0.681. The van der Waals surface area contributed by atoms with Gasteiger partial charge in [0.25, 0.3) is 0 Å². The van der Waals surface area contributed by atoms with Gasteiger partial charge in [0.05, 0.1) is 17.9 Å². The number of ether oxygens (including phenoxy) is 1. The van der Waals surface area contributed by atoms with E-state index in [-0.39, 0.29) is 12.1 Å². The maximum atomic E-state index is 12.1. The molecule has 0 aliphatic heterocycles. The van der Waals surface area contributed by atoms with Crippen LogP contribution >= 0.6 is 0 Å². The molecule has 134 valence electrons. The Morgan fingerprint density at radius 3 is 2.46 bits per heavy atom. The number of hydrogen-bond donors (Lipinski definition) is 2. The predicted molar refractivity (Wildman–Crippen MR) is 99.5 cm³/mol. The van der Waals surface area contributed by atoms with Crippen molar-refractivity contribution < 1.29 is 13.9 Å². The van der Waals surface area contributed by atoms with Crippen LogP contribution in [0.2, 0.25) is 0 Å². The van der Waals surface area contributed by atoms with Crippen molar-refractivity contribution in [3.63, 3.8) is 0 Å². The molecule has 0 radical (unpaired) electrons. The highest BCUT2D eigenvalue weighted by Gasteiger charge is 2.13.